The van der Waals surface area contributed by atoms with Gasteiger partial charge in [-0.1, -0.05) is 11.3 Å². The molecule has 1 amide bonds. The average Bonchev–Trinajstić information content (AvgIpc) is 3.14. The summed E-state index contributed by atoms with van der Waals surface area (Å²) in [5, 5.41) is 6.80. The van der Waals surface area contributed by atoms with Gasteiger partial charge in [0.1, 0.15) is 10.7 Å². The molecule has 1 aromatic carbocycles. The van der Waals surface area contributed by atoms with Crippen molar-refractivity contribution in [1.82, 2.24) is 4.98 Å². The van der Waals surface area contributed by atoms with Crippen molar-refractivity contribution in [2.75, 3.05) is 16.4 Å². The summed E-state index contributed by atoms with van der Waals surface area (Å²) in [7, 11) is 0. The molecule has 0 spiro atoms. The smallest absolute Gasteiger partial charge is 0.269 e. The number of benzene rings is 1. The third kappa shape index (κ3) is 3.21. The largest absolute Gasteiger partial charge is 0.382 e. The quantitative estimate of drug-likeness (QED) is 0.689. The van der Waals surface area contributed by atoms with Crippen LogP contribution >= 0.6 is 33.9 Å². The van der Waals surface area contributed by atoms with Crippen LogP contribution in [0.4, 0.5) is 16.6 Å². The summed E-state index contributed by atoms with van der Waals surface area (Å²) in [4.78, 5) is 16.8. The topological polar surface area (TPSA) is 80.0 Å². The Morgan fingerprint density at radius 1 is 1.35 bits per heavy atom. The number of nitrogens with zero attached hydrogens (tertiary/aromatic N) is 1. The minimum absolute atomic E-state index is 0.218. The fourth-order valence-corrected chi connectivity index (χ4v) is 2.90. The minimum Gasteiger partial charge on any atom is -0.382 e. The van der Waals surface area contributed by atoms with E-state index in [0.717, 1.165) is 27.2 Å². The molecule has 1 saturated carbocycles. The normalized spacial score (nSPS) is 14.1. The summed E-state index contributed by atoms with van der Waals surface area (Å²) in [5.41, 5.74) is 6.56. The summed E-state index contributed by atoms with van der Waals surface area (Å²) in [5.74, 6) is 0.0613. The first-order valence-electron chi connectivity index (χ1n) is 6.21. The molecule has 5 nitrogen and oxygen atoms in total. The maximum Gasteiger partial charge on any atom is 0.269 e. The molecule has 2 aromatic rings. The number of carbonyl (C=O) groups excluding carboxylic acids is 1. The highest BCUT2D eigenvalue weighted by atomic mass is 127. The van der Waals surface area contributed by atoms with Crippen LogP contribution in [0.25, 0.3) is 0 Å². The number of nitrogens with two attached hydrogens (primary N) is 1. The second kappa shape index (κ2) is 5.57. The van der Waals surface area contributed by atoms with Crippen molar-refractivity contribution in [3.05, 3.63) is 32.7 Å². The molecule has 3 rings (SSSR count). The Labute approximate surface area is 134 Å². The zero-order valence-corrected chi connectivity index (χ0v) is 13.5. The number of nitrogen functional groups attached to an aromatic ring is 1. The molecule has 1 heterocycles. The second-order valence-corrected chi connectivity index (χ2v) is 6.86. The highest BCUT2D eigenvalue weighted by Crippen LogP contribution is 2.30. The Hall–Kier alpha value is -1.35. The van der Waals surface area contributed by atoms with Gasteiger partial charge in [0.15, 0.2) is 5.13 Å². The van der Waals surface area contributed by atoms with Crippen molar-refractivity contribution in [1.29, 1.82) is 0 Å². The third-order valence-electron chi connectivity index (χ3n) is 2.87. The number of carbonyl (C=O) groups is 1. The van der Waals surface area contributed by atoms with Gasteiger partial charge in [0.25, 0.3) is 5.91 Å². The van der Waals surface area contributed by atoms with E-state index in [9.17, 15) is 4.79 Å². The fourth-order valence-electron chi connectivity index (χ4n) is 1.68. The highest BCUT2D eigenvalue weighted by molar-refractivity contribution is 14.1. The van der Waals surface area contributed by atoms with Crippen LogP contribution < -0.4 is 16.4 Å². The second-order valence-electron chi connectivity index (χ2n) is 4.61. The standard InChI is InChI=1S/C13H13IN4OS/c14-7-1-3-8(4-2-7)16-12(19)10-11(15)18-13(20-10)17-9-5-6-9/h1-4,9H,5-6,15H2,(H,16,19)(H,17,18). The molecule has 1 fully saturated rings. The van der Waals surface area contributed by atoms with Crippen LogP contribution in [0.5, 0.6) is 0 Å². The molecule has 4 N–H and O–H groups in total. The zero-order valence-electron chi connectivity index (χ0n) is 10.5. The van der Waals surface area contributed by atoms with Crippen molar-refractivity contribution in [2.24, 2.45) is 0 Å². The highest BCUT2D eigenvalue weighted by Gasteiger charge is 2.24. The maximum atomic E-state index is 12.2. The van der Waals surface area contributed by atoms with Crippen molar-refractivity contribution < 1.29 is 4.79 Å². The van der Waals surface area contributed by atoms with E-state index in [-0.39, 0.29) is 11.7 Å². The summed E-state index contributed by atoms with van der Waals surface area (Å²) in [6.45, 7) is 0. The number of anilines is 3. The molecule has 104 valence electrons. The lowest BCUT2D eigenvalue weighted by atomic mass is 10.3. The van der Waals surface area contributed by atoms with Crippen LogP contribution in [-0.4, -0.2) is 16.9 Å². The van der Waals surface area contributed by atoms with Gasteiger partial charge in [-0.2, -0.15) is 0 Å². The number of aromatic nitrogens is 1. The molecule has 0 aliphatic heterocycles. The number of rotatable bonds is 4. The molecule has 0 atom stereocenters. The molecule has 0 saturated heterocycles. The van der Waals surface area contributed by atoms with E-state index >= 15 is 0 Å². The van der Waals surface area contributed by atoms with E-state index in [1.165, 1.54) is 11.3 Å². The van der Waals surface area contributed by atoms with Gasteiger partial charge in [-0.05, 0) is 59.7 Å². The number of amides is 1. The van der Waals surface area contributed by atoms with E-state index in [1.807, 2.05) is 24.3 Å². The fraction of sp³-hybridized carbons (Fsp3) is 0.231. The SMILES string of the molecule is Nc1nc(NC2CC2)sc1C(=O)Nc1ccc(I)cc1. The lowest BCUT2D eigenvalue weighted by Gasteiger charge is -2.03. The van der Waals surface area contributed by atoms with Crippen LogP contribution in [0.15, 0.2) is 24.3 Å². The predicted molar refractivity (Wildman–Crippen MR) is 90.3 cm³/mol. The predicted octanol–water partition coefficient (Wildman–Crippen LogP) is 3.16. The number of hydrogen-bond donors (Lipinski definition) is 3. The molecule has 0 radical (unpaired) electrons. The van der Waals surface area contributed by atoms with Crippen molar-refractivity contribution in [2.45, 2.75) is 18.9 Å². The molecule has 1 aliphatic carbocycles. The van der Waals surface area contributed by atoms with Crippen LogP contribution in [0.3, 0.4) is 0 Å². The van der Waals surface area contributed by atoms with Crippen LogP contribution in [-0.2, 0) is 0 Å². The Bertz CT molecular complexity index is 636. The molecule has 7 heteroatoms. The summed E-state index contributed by atoms with van der Waals surface area (Å²) >= 11 is 3.52. The number of hydrogen-bond acceptors (Lipinski definition) is 5. The van der Waals surface area contributed by atoms with Gasteiger partial charge in [0, 0.05) is 15.3 Å². The van der Waals surface area contributed by atoms with E-state index in [2.05, 4.69) is 38.2 Å². The van der Waals surface area contributed by atoms with E-state index in [0.29, 0.717) is 10.9 Å². The van der Waals surface area contributed by atoms with Gasteiger partial charge in [0.05, 0.1) is 0 Å². The number of thiazole rings is 1. The molecular formula is C13H13IN4OS. The summed E-state index contributed by atoms with van der Waals surface area (Å²) < 4.78 is 1.12. The van der Waals surface area contributed by atoms with Crippen molar-refractivity contribution in [3.8, 4) is 0 Å². The van der Waals surface area contributed by atoms with Gasteiger partial charge in [0.2, 0.25) is 0 Å². The number of nitrogens with one attached hydrogen (secondary N) is 2. The minimum atomic E-state index is -0.218. The van der Waals surface area contributed by atoms with Gasteiger partial charge in [-0.15, -0.1) is 0 Å². The van der Waals surface area contributed by atoms with Crippen molar-refractivity contribution in [3.63, 3.8) is 0 Å². The average molecular weight is 400 g/mol. The Morgan fingerprint density at radius 3 is 2.70 bits per heavy atom. The van der Waals surface area contributed by atoms with Gasteiger partial charge in [-0.3, -0.25) is 4.79 Å². The van der Waals surface area contributed by atoms with E-state index < -0.39 is 0 Å². The third-order valence-corrected chi connectivity index (χ3v) is 4.59. The first-order valence-corrected chi connectivity index (χ1v) is 8.11. The van der Waals surface area contributed by atoms with Gasteiger partial charge >= 0.3 is 0 Å². The lowest BCUT2D eigenvalue weighted by molar-refractivity contribution is 0.103. The molecule has 0 bridgehead atoms. The maximum absolute atomic E-state index is 12.2. The van der Waals surface area contributed by atoms with Crippen molar-refractivity contribution >= 4 is 56.5 Å². The first kappa shape index (κ1) is 13.6. The monoisotopic (exact) mass is 400 g/mol. The Morgan fingerprint density at radius 2 is 2.05 bits per heavy atom. The lowest BCUT2D eigenvalue weighted by Crippen LogP contribution is -2.12. The number of halogens is 1. The first-order chi connectivity index (χ1) is 9.61. The van der Waals surface area contributed by atoms with Crippen LogP contribution in [0, 0.1) is 3.57 Å². The summed E-state index contributed by atoms with van der Waals surface area (Å²) in [6.07, 6.45) is 2.31. The van der Waals surface area contributed by atoms with Crippen LogP contribution in [0.1, 0.15) is 22.5 Å². The molecular weight excluding hydrogens is 387 g/mol. The Balaban J connectivity index is 1.72. The molecule has 20 heavy (non-hydrogen) atoms. The zero-order chi connectivity index (χ0) is 14.1. The van der Waals surface area contributed by atoms with E-state index in [4.69, 9.17) is 5.73 Å². The van der Waals surface area contributed by atoms with Crippen LogP contribution in [0.2, 0.25) is 0 Å². The van der Waals surface area contributed by atoms with Gasteiger partial charge in [-0.25, -0.2) is 4.98 Å². The molecule has 1 aliphatic rings. The molecule has 0 unspecified atom stereocenters. The van der Waals surface area contributed by atoms with E-state index in [1.54, 1.807) is 0 Å². The van der Waals surface area contributed by atoms with Gasteiger partial charge < -0.3 is 16.4 Å². The molecule has 1 aromatic heterocycles. The Kier molecular flexibility index (Phi) is 3.79. The summed E-state index contributed by atoms with van der Waals surface area (Å²) in [6, 6.07) is 8.09.